The van der Waals surface area contributed by atoms with Crippen molar-refractivity contribution in [1.29, 1.82) is 0 Å². The predicted octanol–water partition coefficient (Wildman–Crippen LogP) is 2.18. The SMILES string of the molecule is Cl.Cl.Fc1ccc2c(c1)NCCNC2. The van der Waals surface area contributed by atoms with Crippen molar-refractivity contribution >= 4 is 30.5 Å². The van der Waals surface area contributed by atoms with Crippen LogP contribution in [0.15, 0.2) is 18.2 Å². The van der Waals surface area contributed by atoms with Gasteiger partial charge in [-0.15, -0.1) is 24.8 Å². The van der Waals surface area contributed by atoms with E-state index < -0.39 is 0 Å². The van der Waals surface area contributed by atoms with Crippen molar-refractivity contribution in [2.24, 2.45) is 0 Å². The highest BCUT2D eigenvalue weighted by Gasteiger charge is 2.06. The maximum atomic E-state index is 12.8. The molecule has 2 rings (SSSR count). The fraction of sp³-hybridized carbons (Fsp3) is 0.333. The van der Waals surface area contributed by atoms with Gasteiger partial charge in [-0.3, -0.25) is 0 Å². The van der Waals surface area contributed by atoms with Gasteiger partial charge in [-0.05, 0) is 17.7 Å². The van der Waals surface area contributed by atoms with Crippen LogP contribution in [0.4, 0.5) is 10.1 Å². The Morgan fingerprint density at radius 2 is 1.93 bits per heavy atom. The zero-order valence-electron chi connectivity index (χ0n) is 7.55. The quantitative estimate of drug-likeness (QED) is 0.725. The molecule has 1 aromatic carbocycles. The Morgan fingerprint density at radius 3 is 2.71 bits per heavy atom. The fourth-order valence-corrected chi connectivity index (χ4v) is 1.38. The lowest BCUT2D eigenvalue weighted by Crippen LogP contribution is -2.16. The second kappa shape index (κ2) is 6.06. The summed E-state index contributed by atoms with van der Waals surface area (Å²) in [5.74, 6) is -0.178. The van der Waals surface area contributed by atoms with E-state index in [0.717, 1.165) is 30.9 Å². The number of nitrogens with one attached hydrogen (secondary N) is 2. The van der Waals surface area contributed by atoms with Crippen LogP contribution >= 0.6 is 24.8 Å². The van der Waals surface area contributed by atoms with Gasteiger partial charge in [-0.1, -0.05) is 6.07 Å². The Balaban J connectivity index is 0.000000845. The minimum absolute atomic E-state index is 0. The van der Waals surface area contributed by atoms with Gasteiger partial charge in [0, 0.05) is 25.3 Å². The molecular formula is C9H13Cl2FN2. The number of rotatable bonds is 0. The van der Waals surface area contributed by atoms with Crippen molar-refractivity contribution in [2.45, 2.75) is 6.54 Å². The van der Waals surface area contributed by atoms with E-state index in [-0.39, 0.29) is 30.6 Å². The van der Waals surface area contributed by atoms with Crippen molar-refractivity contribution in [1.82, 2.24) is 5.32 Å². The summed E-state index contributed by atoms with van der Waals surface area (Å²) >= 11 is 0. The number of fused-ring (bicyclic) bond motifs is 1. The lowest BCUT2D eigenvalue weighted by atomic mass is 10.2. The van der Waals surface area contributed by atoms with E-state index in [4.69, 9.17) is 0 Å². The number of benzene rings is 1. The Labute approximate surface area is 95.1 Å². The standard InChI is InChI=1S/C9H11FN2.2ClH/c10-8-2-1-7-6-11-3-4-12-9(7)5-8;;/h1-2,5,11-12H,3-4,6H2;2*1H. The van der Waals surface area contributed by atoms with Gasteiger partial charge in [0.2, 0.25) is 0 Å². The van der Waals surface area contributed by atoms with Crippen molar-refractivity contribution in [3.8, 4) is 0 Å². The summed E-state index contributed by atoms with van der Waals surface area (Å²) in [6.07, 6.45) is 0. The highest BCUT2D eigenvalue weighted by atomic mass is 35.5. The molecule has 0 atom stereocenters. The van der Waals surface area contributed by atoms with E-state index >= 15 is 0 Å². The van der Waals surface area contributed by atoms with E-state index in [9.17, 15) is 4.39 Å². The molecule has 0 radical (unpaired) electrons. The zero-order valence-corrected chi connectivity index (χ0v) is 9.18. The highest BCUT2D eigenvalue weighted by molar-refractivity contribution is 5.85. The Hall–Kier alpha value is -0.510. The summed E-state index contributed by atoms with van der Waals surface area (Å²) in [4.78, 5) is 0. The van der Waals surface area contributed by atoms with Gasteiger partial charge in [0.25, 0.3) is 0 Å². The van der Waals surface area contributed by atoms with Crippen LogP contribution in [0.5, 0.6) is 0 Å². The van der Waals surface area contributed by atoms with Crippen LogP contribution in [0.1, 0.15) is 5.56 Å². The monoisotopic (exact) mass is 238 g/mol. The normalized spacial score (nSPS) is 13.8. The molecular weight excluding hydrogens is 226 g/mol. The molecule has 0 saturated carbocycles. The van der Waals surface area contributed by atoms with Crippen LogP contribution in [0.3, 0.4) is 0 Å². The fourth-order valence-electron chi connectivity index (χ4n) is 1.38. The third kappa shape index (κ3) is 3.01. The van der Waals surface area contributed by atoms with Crippen molar-refractivity contribution in [3.05, 3.63) is 29.6 Å². The molecule has 2 nitrogen and oxygen atoms in total. The molecule has 1 heterocycles. The molecule has 2 N–H and O–H groups in total. The molecule has 0 amide bonds. The molecule has 1 aliphatic rings. The number of anilines is 1. The molecule has 80 valence electrons. The van der Waals surface area contributed by atoms with Crippen molar-refractivity contribution in [3.63, 3.8) is 0 Å². The Kier molecular flexibility index (Phi) is 5.84. The van der Waals surface area contributed by atoms with Gasteiger partial charge in [0.15, 0.2) is 0 Å². The average molecular weight is 239 g/mol. The minimum atomic E-state index is -0.178. The summed E-state index contributed by atoms with van der Waals surface area (Å²) in [6.45, 7) is 2.61. The van der Waals surface area contributed by atoms with Crippen molar-refractivity contribution in [2.75, 3.05) is 18.4 Å². The minimum Gasteiger partial charge on any atom is -0.383 e. The number of hydrogen-bond acceptors (Lipinski definition) is 2. The van der Waals surface area contributed by atoms with Gasteiger partial charge >= 0.3 is 0 Å². The predicted molar refractivity (Wildman–Crippen MR) is 61.1 cm³/mol. The van der Waals surface area contributed by atoms with E-state index in [1.807, 2.05) is 6.07 Å². The topological polar surface area (TPSA) is 24.1 Å². The summed E-state index contributed by atoms with van der Waals surface area (Å²) in [6, 6.07) is 4.85. The number of halogens is 3. The van der Waals surface area contributed by atoms with Gasteiger partial charge < -0.3 is 10.6 Å². The van der Waals surface area contributed by atoms with Crippen molar-refractivity contribution < 1.29 is 4.39 Å². The first-order valence-corrected chi connectivity index (χ1v) is 4.09. The lowest BCUT2D eigenvalue weighted by Gasteiger charge is -2.05. The zero-order chi connectivity index (χ0) is 8.39. The summed E-state index contributed by atoms with van der Waals surface area (Å²) < 4.78 is 12.8. The lowest BCUT2D eigenvalue weighted by molar-refractivity contribution is 0.627. The third-order valence-electron chi connectivity index (χ3n) is 2.00. The van der Waals surface area contributed by atoms with Gasteiger partial charge in [0.05, 0.1) is 0 Å². The van der Waals surface area contributed by atoms with Crippen LogP contribution in [-0.4, -0.2) is 13.1 Å². The molecule has 1 aromatic rings. The highest BCUT2D eigenvalue weighted by Crippen LogP contribution is 2.17. The number of hydrogen-bond donors (Lipinski definition) is 2. The maximum Gasteiger partial charge on any atom is 0.125 e. The second-order valence-electron chi connectivity index (χ2n) is 2.91. The largest absolute Gasteiger partial charge is 0.383 e. The van der Waals surface area contributed by atoms with E-state index in [1.165, 1.54) is 6.07 Å². The first kappa shape index (κ1) is 13.5. The van der Waals surface area contributed by atoms with Crippen LogP contribution in [-0.2, 0) is 6.54 Å². The average Bonchev–Trinajstić information content (AvgIpc) is 2.28. The van der Waals surface area contributed by atoms with Crippen LogP contribution in [0.2, 0.25) is 0 Å². The molecule has 0 spiro atoms. The summed E-state index contributed by atoms with van der Waals surface area (Å²) in [7, 11) is 0. The molecule has 14 heavy (non-hydrogen) atoms. The molecule has 5 heteroatoms. The van der Waals surface area contributed by atoms with Gasteiger partial charge in [-0.25, -0.2) is 4.39 Å². The Morgan fingerprint density at radius 1 is 1.14 bits per heavy atom. The molecule has 0 unspecified atom stereocenters. The van der Waals surface area contributed by atoms with Crippen LogP contribution < -0.4 is 10.6 Å². The molecule has 0 saturated heterocycles. The summed E-state index contributed by atoms with van der Waals surface area (Å²) in [5, 5.41) is 6.40. The second-order valence-corrected chi connectivity index (χ2v) is 2.91. The molecule has 0 bridgehead atoms. The van der Waals surface area contributed by atoms with Gasteiger partial charge in [-0.2, -0.15) is 0 Å². The smallest absolute Gasteiger partial charge is 0.125 e. The first-order chi connectivity index (χ1) is 5.86. The molecule has 0 aromatic heterocycles. The van der Waals surface area contributed by atoms with E-state index in [0.29, 0.717) is 0 Å². The summed E-state index contributed by atoms with van der Waals surface area (Å²) in [5.41, 5.74) is 2.05. The molecule has 0 fully saturated rings. The molecule has 1 aliphatic heterocycles. The maximum absolute atomic E-state index is 12.8. The molecule has 0 aliphatic carbocycles. The van der Waals surface area contributed by atoms with E-state index in [1.54, 1.807) is 6.07 Å². The van der Waals surface area contributed by atoms with Crippen LogP contribution in [0, 0.1) is 5.82 Å². The first-order valence-electron chi connectivity index (χ1n) is 4.09. The van der Waals surface area contributed by atoms with Gasteiger partial charge in [0.1, 0.15) is 5.82 Å². The van der Waals surface area contributed by atoms with E-state index in [2.05, 4.69) is 10.6 Å². The Bertz CT molecular complexity index is 294. The van der Waals surface area contributed by atoms with Crippen LogP contribution in [0.25, 0.3) is 0 Å². The third-order valence-corrected chi connectivity index (χ3v) is 2.00.